The molecule has 2 N–H and O–H groups in total. The van der Waals surface area contributed by atoms with Gasteiger partial charge in [0.2, 0.25) is 0 Å². The number of fused-ring (bicyclic) bond motifs is 1. The molecular formula is C21H24N4O2S. The van der Waals surface area contributed by atoms with Crippen LogP contribution in [0.1, 0.15) is 47.0 Å². The highest BCUT2D eigenvalue weighted by Gasteiger charge is 2.20. The first kappa shape index (κ1) is 18.8. The van der Waals surface area contributed by atoms with E-state index in [9.17, 15) is 9.59 Å². The van der Waals surface area contributed by atoms with Crippen LogP contribution < -0.4 is 10.9 Å². The van der Waals surface area contributed by atoms with Gasteiger partial charge in [-0.05, 0) is 56.5 Å². The molecule has 2 aromatic heterocycles. The standard InChI is InChI=1S/C21H24N4O2S/c1-13-6-3-4-9-25(13)11-15-7-5-8-16(10-15)24-20(27)18-14(2)17-19(26)22-12-23-21(17)28-18/h5,7-8,10,12-13H,3-4,6,9,11H2,1-2H3,(H,24,27)(H,22,23,26). The maximum absolute atomic E-state index is 12.8. The Balaban J connectivity index is 1.53. The predicted molar refractivity (Wildman–Crippen MR) is 113 cm³/mol. The number of hydrogen-bond donors (Lipinski definition) is 2. The third-order valence-corrected chi connectivity index (χ3v) is 6.65. The fourth-order valence-electron chi connectivity index (χ4n) is 3.86. The lowest BCUT2D eigenvalue weighted by Gasteiger charge is -2.33. The van der Waals surface area contributed by atoms with Crippen LogP contribution in [0.4, 0.5) is 5.69 Å². The molecule has 0 saturated carbocycles. The van der Waals surface area contributed by atoms with Crippen LogP contribution in [-0.4, -0.2) is 33.4 Å². The number of piperidine rings is 1. The summed E-state index contributed by atoms with van der Waals surface area (Å²) in [7, 11) is 0. The SMILES string of the molecule is Cc1c(C(=O)Nc2cccc(CN3CCCCC3C)c2)sc2nc[nH]c(=O)c12. The van der Waals surface area contributed by atoms with E-state index >= 15 is 0 Å². The number of H-pyrrole nitrogens is 1. The van der Waals surface area contributed by atoms with Gasteiger partial charge in [0.25, 0.3) is 11.5 Å². The molecule has 6 nitrogen and oxygen atoms in total. The van der Waals surface area contributed by atoms with Crippen molar-refractivity contribution in [3.63, 3.8) is 0 Å². The first-order valence-corrected chi connectivity index (χ1v) is 10.5. The molecule has 1 amide bonds. The maximum atomic E-state index is 12.8. The second kappa shape index (κ2) is 7.85. The lowest BCUT2D eigenvalue weighted by Crippen LogP contribution is -2.36. The molecule has 3 aromatic rings. The van der Waals surface area contributed by atoms with Crippen molar-refractivity contribution in [1.82, 2.24) is 14.9 Å². The van der Waals surface area contributed by atoms with E-state index in [0.717, 1.165) is 18.8 Å². The van der Waals surface area contributed by atoms with Crippen LogP contribution in [-0.2, 0) is 6.54 Å². The van der Waals surface area contributed by atoms with E-state index in [2.05, 4.69) is 33.2 Å². The molecule has 4 rings (SSSR count). The highest BCUT2D eigenvalue weighted by Crippen LogP contribution is 2.27. The Kier molecular flexibility index (Phi) is 5.28. The van der Waals surface area contributed by atoms with E-state index in [4.69, 9.17) is 0 Å². The molecule has 0 spiro atoms. The van der Waals surface area contributed by atoms with Crippen molar-refractivity contribution >= 4 is 33.1 Å². The lowest BCUT2D eigenvalue weighted by atomic mass is 10.0. The average Bonchev–Trinajstić information content (AvgIpc) is 3.02. The number of likely N-dealkylation sites (tertiary alicyclic amines) is 1. The number of carbonyl (C=O) groups is 1. The molecule has 1 fully saturated rings. The summed E-state index contributed by atoms with van der Waals surface area (Å²) in [6.07, 6.45) is 5.17. The minimum atomic E-state index is -0.213. The van der Waals surface area contributed by atoms with Gasteiger partial charge in [-0.25, -0.2) is 4.98 Å². The van der Waals surface area contributed by atoms with Gasteiger partial charge in [0, 0.05) is 18.3 Å². The van der Waals surface area contributed by atoms with Crippen LogP contribution in [0.3, 0.4) is 0 Å². The van der Waals surface area contributed by atoms with Crippen LogP contribution in [0.5, 0.6) is 0 Å². The monoisotopic (exact) mass is 396 g/mol. The zero-order chi connectivity index (χ0) is 19.7. The van der Waals surface area contributed by atoms with E-state index in [-0.39, 0.29) is 11.5 Å². The topological polar surface area (TPSA) is 78.1 Å². The van der Waals surface area contributed by atoms with Crippen molar-refractivity contribution in [2.45, 2.75) is 45.7 Å². The molecule has 0 aliphatic carbocycles. The quantitative estimate of drug-likeness (QED) is 0.701. The average molecular weight is 397 g/mol. The van der Waals surface area contributed by atoms with Gasteiger partial charge in [-0.2, -0.15) is 0 Å². The number of benzene rings is 1. The smallest absolute Gasteiger partial charge is 0.266 e. The van der Waals surface area contributed by atoms with Gasteiger partial charge < -0.3 is 10.3 Å². The fraction of sp³-hybridized carbons (Fsp3) is 0.381. The number of carbonyl (C=O) groups excluding carboxylic acids is 1. The Hall–Kier alpha value is -2.51. The number of aryl methyl sites for hydroxylation is 1. The molecule has 0 radical (unpaired) electrons. The van der Waals surface area contributed by atoms with E-state index in [1.807, 2.05) is 18.2 Å². The highest BCUT2D eigenvalue weighted by molar-refractivity contribution is 7.20. The van der Waals surface area contributed by atoms with Crippen LogP contribution in [0, 0.1) is 6.92 Å². The number of nitrogens with one attached hydrogen (secondary N) is 2. The number of nitrogens with zero attached hydrogens (tertiary/aromatic N) is 2. The summed E-state index contributed by atoms with van der Waals surface area (Å²) >= 11 is 1.25. The van der Waals surface area contributed by atoms with Crippen molar-refractivity contribution < 1.29 is 4.79 Å². The predicted octanol–water partition coefficient (Wildman–Crippen LogP) is 3.92. The Morgan fingerprint density at radius 2 is 2.25 bits per heavy atom. The van der Waals surface area contributed by atoms with Crippen molar-refractivity contribution in [2.75, 3.05) is 11.9 Å². The van der Waals surface area contributed by atoms with Crippen molar-refractivity contribution in [1.29, 1.82) is 0 Å². The first-order chi connectivity index (χ1) is 13.5. The summed E-state index contributed by atoms with van der Waals surface area (Å²) in [5.74, 6) is -0.205. The molecular weight excluding hydrogens is 372 g/mol. The Morgan fingerprint density at radius 3 is 3.04 bits per heavy atom. The van der Waals surface area contributed by atoms with Gasteiger partial charge in [-0.3, -0.25) is 14.5 Å². The summed E-state index contributed by atoms with van der Waals surface area (Å²) in [6.45, 7) is 6.09. The van der Waals surface area contributed by atoms with Crippen LogP contribution in [0.25, 0.3) is 10.2 Å². The molecule has 1 aromatic carbocycles. The molecule has 1 unspecified atom stereocenters. The van der Waals surface area contributed by atoms with Crippen molar-refractivity contribution in [2.24, 2.45) is 0 Å². The molecule has 28 heavy (non-hydrogen) atoms. The molecule has 7 heteroatoms. The molecule has 1 saturated heterocycles. The van der Waals surface area contributed by atoms with Gasteiger partial charge >= 0.3 is 0 Å². The number of aromatic amines is 1. The molecule has 1 atom stereocenters. The number of hydrogen-bond acceptors (Lipinski definition) is 5. The molecule has 3 heterocycles. The minimum absolute atomic E-state index is 0.205. The number of anilines is 1. The van der Waals surface area contributed by atoms with Gasteiger partial charge in [-0.15, -0.1) is 11.3 Å². The largest absolute Gasteiger partial charge is 0.321 e. The van der Waals surface area contributed by atoms with E-state index in [1.54, 1.807) is 6.92 Å². The van der Waals surface area contributed by atoms with Gasteiger partial charge in [0.05, 0.1) is 16.6 Å². The number of aromatic nitrogens is 2. The second-order valence-electron chi connectivity index (χ2n) is 7.44. The van der Waals surface area contributed by atoms with Crippen molar-refractivity contribution in [3.05, 3.63) is 57.0 Å². The van der Waals surface area contributed by atoms with E-state index < -0.39 is 0 Å². The first-order valence-electron chi connectivity index (χ1n) is 9.64. The Bertz CT molecular complexity index is 1070. The number of rotatable bonds is 4. The van der Waals surface area contributed by atoms with Gasteiger partial charge in [0.15, 0.2) is 0 Å². The van der Waals surface area contributed by atoms with Crippen molar-refractivity contribution in [3.8, 4) is 0 Å². The minimum Gasteiger partial charge on any atom is -0.321 e. The summed E-state index contributed by atoms with van der Waals surface area (Å²) < 4.78 is 0. The Morgan fingerprint density at radius 1 is 1.39 bits per heavy atom. The molecule has 0 bridgehead atoms. The zero-order valence-corrected chi connectivity index (χ0v) is 16.9. The maximum Gasteiger partial charge on any atom is 0.266 e. The molecule has 146 valence electrons. The lowest BCUT2D eigenvalue weighted by molar-refractivity contribution is 0.103. The van der Waals surface area contributed by atoms with Crippen LogP contribution in [0.2, 0.25) is 0 Å². The van der Waals surface area contributed by atoms with Crippen LogP contribution >= 0.6 is 11.3 Å². The summed E-state index contributed by atoms with van der Waals surface area (Å²) in [5.41, 5.74) is 2.42. The van der Waals surface area contributed by atoms with E-state index in [0.29, 0.717) is 26.7 Å². The fourth-order valence-corrected chi connectivity index (χ4v) is 4.90. The summed E-state index contributed by atoms with van der Waals surface area (Å²) in [6, 6.07) is 8.61. The summed E-state index contributed by atoms with van der Waals surface area (Å²) in [5, 5.41) is 3.47. The highest BCUT2D eigenvalue weighted by atomic mass is 32.1. The number of amides is 1. The number of thiophene rings is 1. The van der Waals surface area contributed by atoms with E-state index in [1.165, 1.54) is 42.5 Å². The third kappa shape index (κ3) is 3.72. The molecule has 1 aliphatic heterocycles. The second-order valence-corrected chi connectivity index (χ2v) is 8.44. The third-order valence-electron chi connectivity index (χ3n) is 5.45. The summed E-state index contributed by atoms with van der Waals surface area (Å²) in [4.78, 5) is 35.2. The van der Waals surface area contributed by atoms with Crippen LogP contribution in [0.15, 0.2) is 35.4 Å². The van der Waals surface area contributed by atoms with Gasteiger partial charge in [0.1, 0.15) is 4.83 Å². The normalized spacial score (nSPS) is 17.7. The van der Waals surface area contributed by atoms with Gasteiger partial charge in [-0.1, -0.05) is 18.6 Å². The molecule has 1 aliphatic rings. The Labute approximate surface area is 167 Å². The zero-order valence-electron chi connectivity index (χ0n) is 16.1.